The fourth-order valence-electron chi connectivity index (χ4n) is 0.821. The van der Waals surface area contributed by atoms with Crippen LogP contribution in [0.1, 0.15) is 15.9 Å². The van der Waals surface area contributed by atoms with Gasteiger partial charge in [0.2, 0.25) is 0 Å². The van der Waals surface area contributed by atoms with Crippen molar-refractivity contribution in [2.24, 2.45) is 0 Å². The smallest absolute Gasteiger partial charge is 0.150 e. The summed E-state index contributed by atoms with van der Waals surface area (Å²) >= 11 is 3.17. The van der Waals surface area contributed by atoms with E-state index in [0.29, 0.717) is 17.2 Å². The van der Waals surface area contributed by atoms with E-state index in [1.165, 1.54) is 12.1 Å². The van der Waals surface area contributed by atoms with E-state index in [2.05, 4.69) is 15.9 Å². The molecule has 0 fully saturated rings. The Hall–Kier alpha value is -0.700. The van der Waals surface area contributed by atoms with Gasteiger partial charge in [0.05, 0.1) is 0 Å². The Morgan fingerprint density at radius 1 is 1.45 bits per heavy atom. The Morgan fingerprint density at radius 2 is 2.18 bits per heavy atom. The molecule has 0 heterocycles. The largest absolute Gasteiger partial charge is 0.298 e. The molecule has 0 atom stereocenters. The van der Waals surface area contributed by atoms with Gasteiger partial charge in [0.1, 0.15) is 12.1 Å². The van der Waals surface area contributed by atoms with Gasteiger partial charge in [-0.3, -0.25) is 4.79 Å². The van der Waals surface area contributed by atoms with E-state index in [4.69, 9.17) is 0 Å². The van der Waals surface area contributed by atoms with Crippen LogP contribution < -0.4 is 0 Å². The number of hydrogen-bond acceptors (Lipinski definition) is 1. The van der Waals surface area contributed by atoms with Gasteiger partial charge in [-0.15, -0.1) is 0 Å². The van der Waals surface area contributed by atoms with Crippen LogP contribution in [0.15, 0.2) is 18.2 Å². The van der Waals surface area contributed by atoms with E-state index in [9.17, 15) is 9.18 Å². The van der Waals surface area contributed by atoms with E-state index in [1.54, 1.807) is 6.07 Å². The summed E-state index contributed by atoms with van der Waals surface area (Å²) in [7, 11) is 0. The van der Waals surface area contributed by atoms with Gasteiger partial charge in [0.25, 0.3) is 0 Å². The summed E-state index contributed by atoms with van der Waals surface area (Å²) in [6.45, 7) is 0. The van der Waals surface area contributed by atoms with Crippen molar-refractivity contribution in [1.82, 2.24) is 0 Å². The molecule has 0 radical (unpaired) electrons. The highest BCUT2D eigenvalue weighted by Crippen LogP contribution is 2.10. The predicted molar refractivity (Wildman–Crippen MR) is 44.4 cm³/mol. The molecule has 0 N–H and O–H groups in total. The van der Waals surface area contributed by atoms with Gasteiger partial charge < -0.3 is 0 Å². The number of aldehydes is 1. The molecule has 0 bridgehead atoms. The van der Waals surface area contributed by atoms with Crippen molar-refractivity contribution in [2.75, 3.05) is 0 Å². The highest BCUT2D eigenvalue weighted by atomic mass is 79.9. The number of carbonyl (C=O) groups is 1. The lowest BCUT2D eigenvalue weighted by molar-refractivity contribution is 0.112. The second-order valence-electron chi connectivity index (χ2n) is 2.14. The number of carbonyl (C=O) groups excluding carboxylic acids is 1. The fourth-order valence-corrected chi connectivity index (χ4v) is 1.14. The molecular formula is C8H6BrFO. The molecule has 1 aromatic rings. The molecule has 11 heavy (non-hydrogen) atoms. The van der Waals surface area contributed by atoms with Crippen LogP contribution in [0.25, 0.3) is 0 Å². The molecule has 3 heteroatoms. The Morgan fingerprint density at radius 3 is 2.73 bits per heavy atom. The summed E-state index contributed by atoms with van der Waals surface area (Å²) in [5, 5.41) is 0.561. The first kappa shape index (κ1) is 8.40. The number of benzene rings is 1. The molecule has 0 spiro atoms. The maximum atomic E-state index is 12.6. The molecule has 0 amide bonds. The van der Waals surface area contributed by atoms with Gasteiger partial charge in [-0.1, -0.05) is 15.9 Å². The summed E-state index contributed by atoms with van der Waals surface area (Å²) in [5.74, 6) is -0.371. The topological polar surface area (TPSA) is 17.1 Å². The maximum absolute atomic E-state index is 12.6. The Bertz CT molecular complexity index is 273. The zero-order valence-electron chi connectivity index (χ0n) is 5.68. The highest BCUT2D eigenvalue weighted by molar-refractivity contribution is 9.08. The molecule has 0 unspecified atom stereocenters. The van der Waals surface area contributed by atoms with Crippen molar-refractivity contribution < 1.29 is 9.18 Å². The number of halogens is 2. The number of hydrogen-bond donors (Lipinski definition) is 0. The summed E-state index contributed by atoms with van der Waals surface area (Å²) in [4.78, 5) is 10.2. The van der Waals surface area contributed by atoms with Crippen LogP contribution in [0.4, 0.5) is 4.39 Å². The standard InChI is InChI=1S/C8H6BrFO/c9-4-6-1-7(5-11)3-8(10)2-6/h1-3,5H,4H2. The van der Waals surface area contributed by atoms with Crippen molar-refractivity contribution in [3.05, 3.63) is 35.1 Å². The van der Waals surface area contributed by atoms with Gasteiger partial charge in [-0.05, 0) is 23.8 Å². The molecule has 1 nitrogen and oxygen atoms in total. The fraction of sp³-hybridized carbons (Fsp3) is 0.125. The molecule has 0 aromatic heterocycles. The van der Waals surface area contributed by atoms with E-state index in [-0.39, 0.29) is 5.82 Å². The average molecular weight is 217 g/mol. The van der Waals surface area contributed by atoms with Gasteiger partial charge in [0, 0.05) is 10.9 Å². The van der Waals surface area contributed by atoms with Crippen LogP contribution in [0.2, 0.25) is 0 Å². The van der Waals surface area contributed by atoms with Crippen molar-refractivity contribution in [2.45, 2.75) is 5.33 Å². The lowest BCUT2D eigenvalue weighted by Crippen LogP contribution is -1.86. The van der Waals surface area contributed by atoms with Gasteiger partial charge in [-0.25, -0.2) is 4.39 Å². The van der Waals surface area contributed by atoms with E-state index in [0.717, 1.165) is 5.56 Å². The second-order valence-corrected chi connectivity index (χ2v) is 2.71. The van der Waals surface area contributed by atoms with Crippen LogP contribution in [0.3, 0.4) is 0 Å². The molecule has 0 aliphatic heterocycles. The van der Waals surface area contributed by atoms with Crippen molar-refractivity contribution in [3.63, 3.8) is 0 Å². The van der Waals surface area contributed by atoms with Crippen LogP contribution in [-0.2, 0) is 5.33 Å². The molecule has 0 aliphatic carbocycles. The minimum atomic E-state index is -0.371. The third-order valence-electron chi connectivity index (χ3n) is 1.27. The van der Waals surface area contributed by atoms with Crippen LogP contribution in [0, 0.1) is 5.82 Å². The summed E-state index contributed by atoms with van der Waals surface area (Å²) < 4.78 is 12.6. The lowest BCUT2D eigenvalue weighted by atomic mass is 10.1. The third-order valence-corrected chi connectivity index (χ3v) is 1.92. The first-order valence-corrected chi connectivity index (χ1v) is 4.19. The lowest BCUT2D eigenvalue weighted by Gasteiger charge is -1.96. The van der Waals surface area contributed by atoms with Gasteiger partial charge in [0.15, 0.2) is 0 Å². The molecule has 0 saturated carbocycles. The number of alkyl halides is 1. The molecule has 0 saturated heterocycles. The van der Waals surface area contributed by atoms with E-state index in [1.807, 2.05) is 0 Å². The molecule has 58 valence electrons. The minimum absolute atomic E-state index is 0.371. The molecule has 1 rings (SSSR count). The van der Waals surface area contributed by atoms with Crippen LogP contribution in [-0.4, -0.2) is 6.29 Å². The first-order valence-electron chi connectivity index (χ1n) is 3.07. The zero-order valence-corrected chi connectivity index (χ0v) is 7.27. The Balaban J connectivity index is 3.11. The molecule has 1 aromatic carbocycles. The molecular weight excluding hydrogens is 211 g/mol. The highest BCUT2D eigenvalue weighted by Gasteiger charge is 1.97. The van der Waals surface area contributed by atoms with Crippen molar-refractivity contribution in [3.8, 4) is 0 Å². The summed E-state index contributed by atoms with van der Waals surface area (Å²) in [6.07, 6.45) is 0.634. The second kappa shape index (κ2) is 3.62. The first-order chi connectivity index (χ1) is 5.26. The normalized spacial score (nSPS) is 9.64. The quantitative estimate of drug-likeness (QED) is 0.549. The van der Waals surface area contributed by atoms with E-state index < -0.39 is 0 Å². The molecule has 0 aliphatic rings. The predicted octanol–water partition coefficient (Wildman–Crippen LogP) is 2.53. The van der Waals surface area contributed by atoms with Crippen molar-refractivity contribution >= 4 is 22.2 Å². The SMILES string of the molecule is O=Cc1cc(F)cc(CBr)c1. The average Bonchev–Trinajstić information content (AvgIpc) is 2.03. The van der Waals surface area contributed by atoms with Crippen LogP contribution in [0.5, 0.6) is 0 Å². The summed E-state index contributed by atoms with van der Waals surface area (Å²) in [6, 6.07) is 4.24. The Kier molecular flexibility index (Phi) is 2.76. The Labute approximate surface area is 72.4 Å². The minimum Gasteiger partial charge on any atom is -0.298 e. The van der Waals surface area contributed by atoms with Gasteiger partial charge >= 0.3 is 0 Å². The third kappa shape index (κ3) is 2.12. The zero-order chi connectivity index (χ0) is 8.27. The summed E-state index contributed by atoms with van der Waals surface area (Å²) in [5.41, 5.74) is 1.14. The number of rotatable bonds is 2. The van der Waals surface area contributed by atoms with Crippen molar-refractivity contribution in [1.29, 1.82) is 0 Å². The van der Waals surface area contributed by atoms with Gasteiger partial charge in [-0.2, -0.15) is 0 Å². The maximum Gasteiger partial charge on any atom is 0.150 e. The van der Waals surface area contributed by atoms with Crippen LogP contribution >= 0.6 is 15.9 Å². The van der Waals surface area contributed by atoms with E-state index >= 15 is 0 Å². The monoisotopic (exact) mass is 216 g/mol.